The summed E-state index contributed by atoms with van der Waals surface area (Å²) in [5.41, 5.74) is 0.716. The Kier molecular flexibility index (Phi) is 15.0. The van der Waals surface area contributed by atoms with E-state index >= 15 is 0 Å². The summed E-state index contributed by atoms with van der Waals surface area (Å²) in [6.45, 7) is 0.188. The van der Waals surface area contributed by atoms with E-state index in [1.807, 2.05) is 0 Å². The van der Waals surface area contributed by atoms with Crippen LogP contribution in [0.5, 0.6) is 0 Å². The van der Waals surface area contributed by atoms with E-state index in [1.165, 1.54) is 23.9 Å². The van der Waals surface area contributed by atoms with Crippen LogP contribution in [-0.2, 0) is 20.1 Å². The van der Waals surface area contributed by atoms with Gasteiger partial charge in [0, 0.05) is 41.2 Å². The number of thioether (sulfide) groups is 2. The minimum Gasteiger partial charge on any atom is -0.481 e. The first-order valence-electron chi connectivity index (χ1n) is 12.7. The maximum Gasteiger partial charge on any atom is 0.303 e. The normalized spacial score (nSPS) is 25.0. The summed E-state index contributed by atoms with van der Waals surface area (Å²) in [6.07, 6.45) is -7.85. The summed E-state index contributed by atoms with van der Waals surface area (Å²) in [7, 11) is 0. The number of hydrogen-bond acceptors (Lipinski definition) is 11. The van der Waals surface area contributed by atoms with Gasteiger partial charge in [0.2, 0.25) is 11.8 Å². The van der Waals surface area contributed by atoms with Crippen LogP contribution in [0.2, 0.25) is 0 Å². The van der Waals surface area contributed by atoms with E-state index in [4.69, 9.17) is 5.11 Å². The molecule has 0 radical (unpaired) electrons. The van der Waals surface area contributed by atoms with Crippen molar-refractivity contribution in [1.82, 2.24) is 10.6 Å². The van der Waals surface area contributed by atoms with E-state index in [-0.39, 0.29) is 36.7 Å². The van der Waals surface area contributed by atoms with Crippen LogP contribution in [0.1, 0.15) is 24.8 Å². The molecule has 0 heterocycles. The van der Waals surface area contributed by atoms with Crippen molar-refractivity contribution in [3.63, 3.8) is 0 Å². The first-order chi connectivity index (χ1) is 18.9. The van der Waals surface area contributed by atoms with E-state index in [1.54, 1.807) is 12.1 Å². The van der Waals surface area contributed by atoms with Crippen molar-refractivity contribution in [2.24, 2.45) is 5.92 Å². The second-order valence-corrected chi connectivity index (χ2v) is 12.2. The standard InChI is InChI=1S/C25H37FN2O9S3/c26-14-3-1-2-13(8-14)10-39-11-18(30)19(31)12-40-23-15(9-17(29)21(34)22(23)35)24(36)28-16(4-5-20(32)33)25(37)27-6-7-38/h1-3,8,15-19,21-23,29-31,34-35,38H,4-7,9-12H2,(H,27,37)(H,28,36)(H,32,33). The minimum absolute atomic E-state index is 0.124. The molecule has 2 amide bonds. The summed E-state index contributed by atoms with van der Waals surface area (Å²) in [4.78, 5) is 36.7. The van der Waals surface area contributed by atoms with Gasteiger partial charge in [-0.25, -0.2) is 4.39 Å². The third-order valence-corrected chi connectivity index (χ3v) is 9.21. The molecule has 2 rings (SSSR count). The summed E-state index contributed by atoms with van der Waals surface area (Å²) in [5, 5.41) is 65.0. The Morgan fingerprint density at radius 3 is 2.45 bits per heavy atom. The number of rotatable bonds is 16. The lowest BCUT2D eigenvalue weighted by atomic mass is 9.82. The molecule has 1 saturated carbocycles. The Bertz CT molecular complexity index is 979. The lowest BCUT2D eigenvalue weighted by Gasteiger charge is -2.40. The lowest BCUT2D eigenvalue weighted by Crippen LogP contribution is -2.58. The van der Waals surface area contributed by atoms with Gasteiger partial charge >= 0.3 is 5.97 Å². The molecule has 0 aromatic heterocycles. The van der Waals surface area contributed by atoms with Gasteiger partial charge in [-0.3, -0.25) is 14.4 Å². The molecule has 8 unspecified atom stereocenters. The predicted octanol–water partition coefficient (Wildman–Crippen LogP) is -0.619. The maximum atomic E-state index is 13.3. The Morgan fingerprint density at radius 1 is 1.10 bits per heavy atom. The van der Waals surface area contributed by atoms with Crippen LogP contribution >= 0.6 is 36.2 Å². The molecule has 40 heavy (non-hydrogen) atoms. The molecule has 15 heteroatoms. The third-order valence-electron chi connectivity index (χ3n) is 6.35. The zero-order valence-electron chi connectivity index (χ0n) is 21.6. The number of aliphatic carboxylic acids is 1. The molecule has 1 aromatic rings. The molecule has 1 aromatic carbocycles. The molecule has 0 saturated heterocycles. The first kappa shape index (κ1) is 34.6. The quantitative estimate of drug-likeness (QED) is 0.106. The second-order valence-electron chi connectivity index (χ2n) is 9.48. The van der Waals surface area contributed by atoms with E-state index in [0.29, 0.717) is 17.1 Å². The van der Waals surface area contributed by atoms with Gasteiger partial charge in [0.1, 0.15) is 18.0 Å². The van der Waals surface area contributed by atoms with Crippen LogP contribution < -0.4 is 10.6 Å². The number of carboxylic acids is 1. The Balaban J connectivity index is 2.02. The van der Waals surface area contributed by atoms with Gasteiger partial charge in [-0.1, -0.05) is 12.1 Å². The fourth-order valence-electron chi connectivity index (χ4n) is 4.14. The molecule has 0 spiro atoms. The summed E-state index contributed by atoms with van der Waals surface area (Å²) >= 11 is 6.22. The first-order valence-corrected chi connectivity index (χ1v) is 15.5. The molecule has 8 N–H and O–H groups in total. The van der Waals surface area contributed by atoms with Crippen LogP contribution in [-0.4, -0.2) is 114 Å². The van der Waals surface area contributed by atoms with Crippen molar-refractivity contribution in [3.05, 3.63) is 35.6 Å². The molecular formula is C25H37FN2O9S3. The number of aliphatic hydroxyl groups is 5. The van der Waals surface area contributed by atoms with Gasteiger partial charge in [-0.05, 0) is 30.5 Å². The molecule has 1 aliphatic carbocycles. The molecular weight excluding hydrogens is 587 g/mol. The number of carboxylic acid groups (broad SMARTS) is 1. The molecule has 11 nitrogen and oxygen atoms in total. The topological polar surface area (TPSA) is 197 Å². The lowest BCUT2D eigenvalue weighted by molar-refractivity contribution is -0.141. The number of halogens is 1. The van der Waals surface area contributed by atoms with Crippen molar-refractivity contribution < 1.29 is 49.4 Å². The van der Waals surface area contributed by atoms with Gasteiger partial charge in [0.25, 0.3) is 0 Å². The SMILES string of the molecule is O=C(O)CCC(NC(=O)C1CC(O)C(O)C(O)C1SCC(O)C(O)CSCc1cccc(F)c1)C(=O)NCCS. The van der Waals surface area contributed by atoms with Crippen LogP contribution in [0.3, 0.4) is 0 Å². The average molecular weight is 625 g/mol. The highest BCUT2D eigenvalue weighted by atomic mass is 32.2. The molecule has 226 valence electrons. The molecule has 0 bridgehead atoms. The zero-order chi connectivity index (χ0) is 29.8. The highest BCUT2D eigenvalue weighted by molar-refractivity contribution is 8.00. The average Bonchev–Trinajstić information content (AvgIpc) is 2.91. The summed E-state index contributed by atoms with van der Waals surface area (Å²) < 4.78 is 13.3. The number of carbonyl (C=O) groups is 3. The largest absolute Gasteiger partial charge is 0.481 e. The number of benzene rings is 1. The van der Waals surface area contributed by atoms with Gasteiger partial charge < -0.3 is 41.3 Å². The maximum absolute atomic E-state index is 13.3. The molecule has 1 aliphatic rings. The van der Waals surface area contributed by atoms with Crippen molar-refractivity contribution >= 4 is 53.9 Å². The van der Waals surface area contributed by atoms with E-state index in [0.717, 1.165) is 11.8 Å². The Labute approximate surface area is 245 Å². The second kappa shape index (κ2) is 17.4. The van der Waals surface area contributed by atoms with Gasteiger partial charge in [0.05, 0.1) is 30.3 Å². The van der Waals surface area contributed by atoms with E-state index < -0.39 is 71.9 Å². The minimum atomic E-state index is -1.56. The fraction of sp³-hybridized carbons (Fsp3) is 0.640. The van der Waals surface area contributed by atoms with E-state index in [9.17, 15) is 44.3 Å². The Morgan fingerprint density at radius 2 is 1.80 bits per heavy atom. The molecule has 8 atom stereocenters. The van der Waals surface area contributed by atoms with Gasteiger partial charge in [-0.2, -0.15) is 36.2 Å². The van der Waals surface area contributed by atoms with E-state index in [2.05, 4.69) is 23.3 Å². The van der Waals surface area contributed by atoms with Gasteiger partial charge in [-0.15, -0.1) is 0 Å². The summed E-state index contributed by atoms with van der Waals surface area (Å²) in [5.74, 6) is -3.26. The number of carbonyl (C=O) groups excluding carboxylic acids is 2. The van der Waals surface area contributed by atoms with Crippen molar-refractivity contribution in [1.29, 1.82) is 0 Å². The number of aliphatic hydroxyl groups excluding tert-OH is 5. The number of thiol groups is 1. The predicted molar refractivity (Wildman–Crippen MR) is 153 cm³/mol. The van der Waals surface area contributed by atoms with Crippen molar-refractivity contribution in [2.75, 3.05) is 23.8 Å². The van der Waals surface area contributed by atoms with Crippen LogP contribution in [0.4, 0.5) is 4.39 Å². The zero-order valence-corrected chi connectivity index (χ0v) is 24.2. The molecule has 0 aliphatic heterocycles. The summed E-state index contributed by atoms with van der Waals surface area (Å²) in [6, 6.07) is 4.81. The number of hydrogen-bond donors (Lipinski definition) is 9. The van der Waals surface area contributed by atoms with Crippen LogP contribution in [0.25, 0.3) is 0 Å². The number of nitrogens with one attached hydrogen (secondary N) is 2. The smallest absolute Gasteiger partial charge is 0.303 e. The highest BCUT2D eigenvalue weighted by Crippen LogP contribution is 2.35. The van der Waals surface area contributed by atoms with Crippen molar-refractivity contribution in [3.8, 4) is 0 Å². The fourth-order valence-corrected chi connectivity index (χ4v) is 6.71. The number of amides is 2. The monoisotopic (exact) mass is 624 g/mol. The highest BCUT2D eigenvalue weighted by Gasteiger charge is 2.46. The van der Waals surface area contributed by atoms with Crippen molar-refractivity contribution in [2.45, 2.75) is 66.8 Å². The third kappa shape index (κ3) is 11.0. The molecule has 1 fully saturated rings. The van der Waals surface area contributed by atoms with Crippen LogP contribution in [0.15, 0.2) is 24.3 Å². The Hall–Kier alpha value is -1.59. The van der Waals surface area contributed by atoms with Crippen LogP contribution in [0, 0.1) is 11.7 Å². The van der Waals surface area contributed by atoms with Gasteiger partial charge in [0.15, 0.2) is 0 Å².